The van der Waals surface area contributed by atoms with Crippen molar-refractivity contribution in [1.29, 1.82) is 0 Å². The highest BCUT2D eigenvalue weighted by atomic mass is 19.1. The molecular weight excluding hydrogens is 209 g/mol. The first-order valence-electron chi connectivity index (χ1n) is 4.77. The molecule has 16 heavy (non-hydrogen) atoms. The zero-order valence-electron chi connectivity index (χ0n) is 9.04. The minimum absolute atomic E-state index is 0.248. The van der Waals surface area contributed by atoms with E-state index in [1.807, 2.05) is 0 Å². The molecule has 0 atom stereocenters. The second-order valence-electron chi connectivity index (χ2n) is 3.31. The minimum Gasteiger partial charge on any atom is -0.496 e. The van der Waals surface area contributed by atoms with Crippen LogP contribution in [0.25, 0.3) is 10.9 Å². The maximum absolute atomic E-state index is 13.6. The average molecular weight is 221 g/mol. The Kier molecular flexibility index (Phi) is 2.52. The highest BCUT2D eigenvalue weighted by Crippen LogP contribution is 2.35. The van der Waals surface area contributed by atoms with Gasteiger partial charge in [-0.2, -0.15) is 0 Å². The summed E-state index contributed by atoms with van der Waals surface area (Å²) in [7, 11) is 3.24. The standard InChI is InChI=1S/C11H12FN3O/c1-14-11-7(13)5-15-10-6(12)3-4-8(16-2)9(10)11/h3-5H,13H2,1-2H3,(H,14,15). The van der Waals surface area contributed by atoms with E-state index in [1.54, 1.807) is 13.1 Å². The molecule has 0 aliphatic carbocycles. The first-order chi connectivity index (χ1) is 7.69. The number of fused-ring (bicyclic) bond motifs is 1. The molecule has 4 nitrogen and oxygen atoms in total. The van der Waals surface area contributed by atoms with Gasteiger partial charge >= 0.3 is 0 Å². The van der Waals surface area contributed by atoms with Gasteiger partial charge in [0.15, 0.2) is 0 Å². The number of aromatic nitrogens is 1. The number of halogens is 1. The molecule has 2 aromatic rings. The molecule has 0 aliphatic heterocycles. The van der Waals surface area contributed by atoms with Crippen LogP contribution in [0.4, 0.5) is 15.8 Å². The fourth-order valence-electron chi connectivity index (χ4n) is 1.70. The van der Waals surface area contributed by atoms with E-state index in [1.165, 1.54) is 19.4 Å². The second kappa shape index (κ2) is 3.84. The lowest BCUT2D eigenvalue weighted by molar-refractivity contribution is 0.419. The van der Waals surface area contributed by atoms with E-state index in [4.69, 9.17) is 10.5 Å². The fourth-order valence-corrected chi connectivity index (χ4v) is 1.70. The van der Waals surface area contributed by atoms with Crippen molar-refractivity contribution >= 4 is 22.3 Å². The first kappa shape index (κ1) is 10.5. The lowest BCUT2D eigenvalue weighted by Gasteiger charge is -2.12. The maximum atomic E-state index is 13.6. The van der Waals surface area contributed by atoms with Crippen LogP contribution in [0.15, 0.2) is 18.3 Å². The third kappa shape index (κ3) is 1.41. The van der Waals surface area contributed by atoms with Crippen LogP contribution < -0.4 is 15.8 Å². The molecule has 84 valence electrons. The Bertz CT molecular complexity index is 542. The van der Waals surface area contributed by atoms with Gasteiger partial charge in [-0.3, -0.25) is 4.98 Å². The smallest absolute Gasteiger partial charge is 0.149 e. The van der Waals surface area contributed by atoms with Gasteiger partial charge in [0.1, 0.15) is 17.1 Å². The third-order valence-electron chi connectivity index (χ3n) is 2.43. The Labute approximate surface area is 92.2 Å². The van der Waals surface area contributed by atoms with Crippen molar-refractivity contribution in [2.45, 2.75) is 0 Å². The number of rotatable bonds is 2. The molecule has 2 rings (SSSR count). The molecule has 0 aliphatic rings. The summed E-state index contributed by atoms with van der Waals surface area (Å²) in [6, 6.07) is 2.88. The van der Waals surface area contributed by atoms with Gasteiger partial charge < -0.3 is 15.8 Å². The largest absolute Gasteiger partial charge is 0.496 e. The highest BCUT2D eigenvalue weighted by Gasteiger charge is 2.13. The molecule has 0 amide bonds. The summed E-state index contributed by atoms with van der Waals surface area (Å²) in [4.78, 5) is 3.98. The quantitative estimate of drug-likeness (QED) is 0.814. The van der Waals surface area contributed by atoms with Crippen LogP contribution in [0, 0.1) is 5.82 Å². The third-order valence-corrected chi connectivity index (χ3v) is 2.43. The number of methoxy groups -OCH3 is 1. The van der Waals surface area contributed by atoms with E-state index in [-0.39, 0.29) is 5.52 Å². The Morgan fingerprint density at radius 2 is 2.19 bits per heavy atom. The number of nitrogens with zero attached hydrogens (tertiary/aromatic N) is 1. The fraction of sp³-hybridized carbons (Fsp3) is 0.182. The molecular formula is C11H12FN3O. The maximum Gasteiger partial charge on any atom is 0.149 e. The summed E-state index contributed by atoms with van der Waals surface area (Å²) >= 11 is 0. The van der Waals surface area contributed by atoms with Gasteiger partial charge in [-0.05, 0) is 12.1 Å². The van der Waals surface area contributed by atoms with Crippen LogP contribution >= 0.6 is 0 Å². The highest BCUT2D eigenvalue weighted by molar-refractivity contribution is 6.01. The summed E-state index contributed by atoms with van der Waals surface area (Å²) in [5.74, 6) is 0.146. The molecule has 1 heterocycles. The van der Waals surface area contributed by atoms with E-state index >= 15 is 0 Å². The second-order valence-corrected chi connectivity index (χ2v) is 3.31. The number of hydrogen-bond donors (Lipinski definition) is 2. The predicted octanol–water partition coefficient (Wildman–Crippen LogP) is 2.01. The van der Waals surface area contributed by atoms with E-state index in [0.717, 1.165) is 0 Å². The van der Waals surface area contributed by atoms with Gasteiger partial charge in [0.25, 0.3) is 0 Å². The van der Waals surface area contributed by atoms with E-state index < -0.39 is 5.82 Å². The topological polar surface area (TPSA) is 60.2 Å². The Morgan fingerprint density at radius 1 is 1.44 bits per heavy atom. The molecule has 0 spiro atoms. The predicted molar refractivity (Wildman–Crippen MR) is 62.2 cm³/mol. The molecule has 1 aromatic carbocycles. The van der Waals surface area contributed by atoms with Gasteiger partial charge in [0.05, 0.1) is 30.1 Å². The van der Waals surface area contributed by atoms with Crippen molar-refractivity contribution < 1.29 is 9.13 Å². The molecule has 1 aromatic heterocycles. The summed E-state index contributed by atoms with van der Waals surface area (Å²) in [5, 5.41) is 3.49. The number of pyridine rings is 1. The zero-order valence-corrected chi connectivity index (χ0v) is 9.04. The Morgan fingerprint density at radius 3 is 2.81 bits per heavy atom. The Hall–Kier alpha value is -2.04. The van der Waals surface area contributed by atoms with Crippen LogP contribution in [-0.4, -0.2) is 19.1 Å². The SMILES string of the molecule is CNc1c(N)cnc2c(F)ccc(OC)c12. The van der Waals surface area contributed by atoms with Crippen LogP contribution in [-0.2, 0) is 0 Å². The zero-order chi connectivity index (χ0) is 11.7. The van der Waals surface area contributed by atoms with Gasteiger partial charge in [-0.25, -0.2) is 4.39 Å². The molecule has 0 radical (unpaired) electrons. The normalized spacial score (nSPS) is 10.4. The van der Waals surface area contributed by atoms with Gasteiger partial charge in [0.2, 0.25) is 0 Å². The van der Waals surface area contributed by atoms with Crippen LogP contribution in [0.2, 0.25) is 0 Å². The molecule has 3 N–H and O–H groups in total. The van der Waals surface area contributed by atoms with Crippen molar-refractivity contribution in [3.8, 4) is 5.75 Å². The van der Waals surface area contributed by atoms with Crippen LogP contribution in [0.3, 0.4) is 0 Å². The summed E-state index contributed by atoms with van der Waals surface area (Å²) in [6.45, 7) is 0. The van der Waals surface area contributed by atoms with Gasteiger partial charge in [-0.15, -0.1) is 0 Å². The van der Waals surface area contributed by atoms with Crippen molar-refractivity contribution in [1.82, 2.24) is 4.98 Å². The number of nitrogens with one attached hydrogen (secondary N) is 1. The van der Waals surface area contributed by atoms with E-state index in [0.29, 0.717) is 22.5 Å². The lowest BCUT2D eigenvalue weighted by atomic mass is 10.1. The molecule has 0 unspecified atom stereocenters. The van der Waals surface area contributed by atoms with E-state index in [2.05, 4.69) is 10.3 Å². The summed E-state index contributed by atoms with van der Waals surface area (Å²) in [5.41, 5.74) is 7.10. The van der Waals surface area contributed by atoms with E-state index in [9.17, 15) is 4.39 Å². The Balaban J connectivity index is 2.93. The first-order valence-corrected chi connectivity index (χ1v) is 4.77. The molecule has 0 saturated heterocycles. The summed E-state index contributed by atoms with van der Waals surface area (Å²) in [6.07, 6.45) is 1.43. The van der Waals surface area contributed by atoms with Crippen molar-refractivity contribution in [3.63, 3.8) is 0 Å². The van der Waals surface area contributed by atoms with Gasteiger partial charge in [-0.1, -0.05) is 0 Å². The lowest BCUT2D eigenvalue weighted by Crippen LogP contribution is -2.00. The number of hydrogen-bond acceptors (Lipinski definition) is 4. The minimum atomic E-state index is -0.396. The number of ether oxygens (including phenoxy) is 1. The van der Waals surface area contributed by atoms with Crippen LogP contribution in [0.5, 0.6) is 5.75 Å². The average Bonchev–Trinajstić information content (AvgIpc) is 2.29. The number of nitrogen functional groups attached to an aromatic ring is 1. The molecule has 5 heteroatoms. The van der Waals surface area contributed by atoms with Crippen molar-refractivity contribution in [2.24, 2.45) is 0 Å². The van der Waals surface area contributed by atoms with Gasteiger partial charge in [0, 0.05) is 7.05 Å². The molecule has 0 bridgehead atoms. The number of benzene rings is 1. The number of anilines is 2. The summed E-state index contributed by atoms with van der Waals surface area (Å²) < 4.78 is 18.7. The van der Waals surface area contributed by atoms with Crippen molar-refractivity contribution in [2.75, 3.05) is 25.2 Å². The van der Waals surface area contributed by atoms with Crippen LogP contribution in [0.1, 0.15) is 0 Å². The molecule has 0 saturated carbocycles. The van der Waals surface area contributed by atoms with Crippen molar-refractivity contribution in [3.05, 3.63) is 24.1 Å². The monoisotopic (exact) mass is 221 g/mol. The molecule has 0 fully saturated rings. The number of nitrogens with two attached hydrogens (primary N) is 1.